The number of hydrogen-bond donors (Lipinski definition) is 0. The Kier molecular flexibility index (Phi) is 5.73. The molecule has 7 nitrogen and oxygen atoms in total. The van der Waals surface area contributed by atoms with Gasteiger partial charge in [0.25, 0.3) is 5.91 Å². The Balaban J connectivity index is 1.46. The summed E-state index contributed by atoms with van der Waals surface area (Å²) in [6, 6.07) is 15.8. The van der Waals surface area contributed by atoms with Gasteiger partial charge in [0.05, 0.1) is 17.9 Å². The molecule has 1 saturated heterocycles. The molecular weight excluding hydrogens is 402 g/mol. The number of hydrogen-bond acceptors (Lipinski definition) is 4. The summed E-state index contributed by atoms with van der Waals surface area (Å²) < 4.78 is 9.74. The molecule has 1 unspecified atom stereocenters. The van der Waals surface area contributed by atoms with Gasteiger partial charge in [-0.15, -0.1) is 0 Å². The zero-order chi connectivity index (χ0) is 21.9. The van der Waals surface area contributed by atoms with Crippen molar-refractivity contribution in [3.63, 3.8) is 0 Å². The lowest BCUT2D eigenvalue weighted by atomic mass is 10.2. The van der Waals surface area contributed by atoms with Crippen LogP contribution in [0.15, 0.2) is 67.3 Å². The summed E-state index contributed by atoms with van der Waals surface area (Å²) in [7, 11) is 0. The minimum Gasteiger partial charge on any atom is -0.376 e. The number of aromatic nitrogens is 4. The van der Waals surface area contributed by atoms with Crippen molar-refractivity contribution in [3.8, 4) is 11.5 Å². The predicted octanol–water partition coefficient (Wildman–Crippen LogP) is 4.04. The van der Waals surface area contributed by atoms with Gasteiger partial charge in [0.1, 0.15) is 5.69 Å². The summed E-state index contributed by atoms with van der Waals surface area (Å²) in [5, 5.41) is 0. The first-order valence-corrected chi connectivity index (χ1v) is 11.2. The number of nitrogens with zero attached hydrogens (tertiary/aromatic N) is 5. The summed E-state index contributed by atoms with van der Waals surface area (Å²) in [5.41, 5.74) is 3.08. The summed E-state index contributed by atoms with van der Waals surface area (Å²) in [4.78, 5) is 24.7. The van der Waals surface area contributed by atoms with E-state index in [-0.39, 0.29) is 12.0 Å². The molecule has 5 rings (SSSR count). The minimum absolute atomic E-state index is 0.0786. The Morgan fingerprint density at radius 2 is 2.03 bits per heavy atom. The van der Waals surface area contributed by atoms with Crippen LogP contribution in [-0.4, -0.2) is 49.0 Å². The van der Waals surface area contributed by atoms with Crippen LogP contribution < -0.4 is 0 Å². The molecule has 32 heavy (non-hydrogen) atoms. The molecule has 1 aliphatic heterocycles. The van der Waals surface area contributed by atoms with Crippen molar-refractivity contribution in [3.05, 3.63) is 78.5 Å². The third-order valence-corrected chi connectivity index (χ3v) is 5.94. The minimum atomic E-state index is -0.0786. The average Bonchev–Trinajstić information content (AvgIpc) is 3.58. The third-order valence-electron chi connectivity index (χ3n) is 5.94. The second kappa shape index (κ2) is 8.96. The van der Waals surface area contributed by atoms with Crippen LogP contribution in [0.25, 0.3) is 17.0 Å². The Hall–Kier alpha value is -3.45. The maximum absolute atomic E-state index is 13.5. The predicted molar refractivity (Wildman–Crippen MR) is 122 cm³/mol. The van der Waals surface area contributed by atoms with Crippen LogP contribution in [0.5, 0.6) is 0 Å². The molecule has 1 fully saturated rings. The molecule has 0 spiro atoms. The molecule has 4 aromatic rings. The smallest absolute Gasteiger partial charge is 0.275 e. The number of ether oxygens (including phenoxy) is 1. The maximum Gasteiger partial charge on any atom is 0.275 e. The van der Waals surface area contributed by atoms with Crippen LogP contribution in [0.1, 0.15) is 35.8 Å². The molecule has 1 amide bonds. The maximum atomic E-state index is 13.5. The fraction of sp³-hybridized carbons (Fsp3) is 0.320. The van der Waals surface area contributed by atoms with E-state index in [1.165, 1.54) is 0 Å². The molecule has 3 aromatic heterocycles. The van der Waals surface area contributed by atoms with Crippen molar-refractivity contribution in [2.24, 2.45) is 0 Å². The largest absolute Gasteiger partial charge is 0.376 e. The quantitative estimate of drug-likeness (QED) is 0.445. The van der Waals surface area contributed by atoms with Crippen molar-refractivity contribution < 1.29 is 9.53 Å². The topological polar surface area (TPSA) is 64.7 Å². The van der Waals surface area contributed by atoms with Gasteiger partial charge >= 0.3 is 0 Å². The molecule has 1 aliphatic rings. The van der Waals surface area contributed by atoms with Gasteiger partial charge in [0, 0.05) is 38.6 Å². The number of carbonyl (C=O) groups is 1. The van der Waals surface area contributed by atoms with Gasteiger partial charge in [-0.3, -0.25) is 9.20 Å². The van der Waals surface area contributed by atoms with E-state index in [4.69, 9.17) is 9.72 Å². The number of amides is 1. The van der Waals surface area contributed by atoms with E-state index in [0.717, 1.165) is 42.8 Å². The van der Waals surface area contributed by atoms with Gasteiger partial charge in [0.2, 0.25) is 0 Å². The number of fused-ring (bicyclic) bond motifs is 1. The summed E-state index contributed by atoms with van der Waals surface area (Å²) in [6.07, 6.45) is 8.16. The van der Waals surface area contributed by atoms with E-state index in [1.807, 2.05) is 88.0 Å². The van der Waals surface area contributed by atoms with Crippen molar-refractivity contribution in [2.45, 2.75) is 39.0 Å². The van der Waals surface area contributed by atoms with E-state index in [2.05, 4.69) is 4.98 Å². The second-order valence-electron chi connectivity index (χ2n) is 8.14. The van der Waals surface area contributed by atoms with E-state index in [0.29, 0.717) is 24.6 Å². The highest BCUT2D eigenvalue weighted by atomic mass is 16.5. The van der Waals surface area contributed by atoms with E-state index in [9.17, 15) is 4.79 Å². The molecule has 1 atom stereocenters. The lowest BCUT2D eigenvalue weighted by Gasteiger charge is -2.20. The fourth-order valence-electron chi connectivity index (χ4n) is 4.26. The zero-order valence-electron chi connectivity index (χ0n) is 18.2. The van der Waals surface area contributed by atoms with Crippen molar-refractivity contribution >= 4 is 11.4 Å². The molecule has 0 N–H and O–H groups in total. The first-order chi connectivity index (χ1) is 15.7. The number of pyridine rings is 1. The monoisotopic (exact) mass is 429 g/mol. The highest BCUT2D eigenvalue weighted by molar-refractivity contribution is 6.00. The first kappa shape index (κ1) is 20.5. The normalized spacial score (nSPS) is 16.0. The fourth-order valence-corrected chi connectivity index (χ4v) is 4.26. The van der Waals surface area contributed by atoms with Crippen molar-refractivity contribution in [1.29, 1.82) is 0 Å². The number of benzene rings is 1. The van der Waals surface area contributed by atoms with Gasteiger partial charge in [-0.25, -0.2) is 9.97 Å². The molecule has 164 valence electrons. The Morgan fingerprint density at radius 3 is 2.81 bits per heavy atom. The van der Waals surface area contributed by atoms with E-state index in [1.54, 1.807) is 0 Å². The van der Waals surface area contributed by atoms with Crippen LogP contribution >= 0.6 is 0 Å². The van der Waals surface area contributed by atoms with Crippen molar-refractivity contribution in [1.82, 2.24) is 23.8 Å². The molecule has 0 bridgehead atoms. The van der Waals surface area contributed by atoms with Crippen LogP contribution in [-0.2, 0) is 17.8 Å². The molecule has 0 radical (unpaired) electrons. The van der Waals surface area contributed by atoms with Gasteiger partial charge in [0.15, 0.2) is 11.5 Å². The lowest BCUT2D eigenvalue weighted by molar-refractivity contribution is 0.0749. The Bertz CT molecular complexity index is 1210. The number of rotatable bonds is 7. The summed E-state index contributed by atoms with van der Waals surface area (Å²) >= 11 is 0. The zero-order valence-corrected chi connectivity index (χ0v) is 18.2. The van der Waals surface area contributed by atoms with E-state index >= 15 is 0 Å². The molecule has 1 aromatic carbocycles. The van der Waals surface area contributed by atoms with E-state index < -0.39 is 0 Å². The van der Waals surface area contributed by atoms with Gasteiger partial charge in [-0.2, -0.15) is 0 Å². The highest BCUT2D eigenvalue weighted by Gasteiger charge is 2.24. The van der Waals surface area contributed by atoms with Crippen LogP contribution in [0, 0.1) is 0 Å². The highest BCUT2D eigenvalue weighted by Crippen LogP contribution is 2.24. The second-order valence-corrected chi connectivity index (χ2v) is 8.14. The Labute approximate surface area is 187 Å². The van der Waals surface area contributed by atoms with Crippen molar-refractivity contribution in [2.75, 3.05) is 13.2 Å². The van der Waals surface area contributed by atoms with Crippen LogP contribution in [0.4, 0.5) is 0 Å². The molecule has 7 heteroatoms. The average molecular weight is 430 g/mol. The Morgan fingerprint density at radius 1 is 1.19 bits per heavy atom. The van der Waals surface area contributed by atoms with Crippen LogP contribution in [0.3, 0.4) is 0 Å². The molecule has 0 saturated carbocycles. The summed E-state index contributed by atoms with van der Waals surface area (Å²) in [6.45, 7) is 4.76. The van der Waals surface area contributed by atoms with Gasteiger partial charge < -0.3 is 14.2 Å². The van der Waals surface area contributed by atoms with Gasteiger partial charge in [-0.05, 0) is 37.5 Å². The summed E-state index contributed by atoms with van der Waals surface area (Å²) in [5.74, 6) is 0.593. The van der Waals surface area contributed by atoms with Crippen LogP contribution in [0.2, 0.25) is 0 Å². The number of imidazole rings is 2. The molecular formula is C25H27N5O2. The SMILES string of the molecule is CCN(Cc1ccccc1)C(=O)c1nc(-c2cn(CC3CCCO3)cn2)n2ccccc12. The molecule has 0 aliphatic carbocycles. The third kappa shape index (κ3) is 4.03. The molecule has 4 heterocycles. The standard InChI is InChI=1S/C25H27N5O2/c1-2-29(15-19-9-4-3-5-10-19)25(31)23-22-12-6-7-13-30(22)24(27-23)21-17-28(18-26-21)16-20-11-8-14-32-20/h3-7,9-10,12-13,17-18,20H,2,8,11,14-16H2,1H3. The van der Waals surface area contributed by atoms with Gasteiger partial charge in [-0.1, -0.05) is 36.4 Å². The number of carbonyl (C=O) groups excluding carboxylic acids is 1. The lowest BCUT2D eigenvalue weighted by Crippen LogP contribution is -2.30. The first-order valence-electron chi connectivity index (χ1n) is 11.2.